The van der Waals surface area contributed by atoms with Crippen LogP contribution in [0.25, 0.3) is 0 Å². The standard InChI is InChI=1S/C16H22F3N3O2.ClH/c1-21(11-16(17,18)19)15(23)10-22-8-7-20-9-13(22)12-5-3-4-6-14(12)24-2;/h3-6,13,20H,7-11H2,1-2H3;1H. The molecule has 1 fully saturated rings. The van der Waals surface area contributed by atoms with Crippen LogP contribution in [0.4, 0.5) is 13.2 Å². The number of rotatable bonds is 5. The van der Waals surface area contributed by atoms with Crippen molar-refractivity contribution in [3.05, 3.63) is 29.8 Å². The summed E-state index contributed by atoms with van der Waals surface area (Å²) in [7, 11) is 2.75. The van der Waals surface area contributed by atoms with Gasteiger partial charge in [0.15, 0.2) is 0 Å². The number of nitrogens with zero attached hydrogens (tertiary/aromatic N) is 2. The summed E-state index contributed by atoms with van der Waals surface area (Å²) in [6.07, 6.45) is -4.39. The van der Waals surface area contributed by atoms with E-state index in [1.165, 1.54) is 7.05 Å². The quantitative estimate of drug-likeness (QED) is 0.848. The molecular formula is C16H23ClF3N3O2. The van der Waals surface area contributed by atoms with Gasteiger partial charge in [-0.25, -0.2) is 0 Å². The molecule has 1 saturated heterocycles. The molecule has 1 aromatic carbocycles. The Balaban J connectivity index is 0.00000312. The van der Waals surface area contributed by atoms with Gasteiger partial charge in [-0.1, -0.05) is 18.2 Å². The maximum Gasteiger partial charge on any atom is 0.406 e. The fourth-order valence-corrected chi connectivity index (χ4v) is 2.84. The maximum atomic E-state index is 12.5. The number of hydrogen-bond donors (Lipinski definition) is 1. The van der Waals surface area contributed by atoms with Gasteiger partial charge in [0, 0.05) is 32.2 Å². The second kappa shape index (κ2) is 9.26. The Morgan fingerprint density at radius 3 is 2.72 bits per heavy atom. The zero-order valence-corrected chi connectivity index (χ0v) is 15.0. The van der Waals surface area contributed by atoms with E-state index in [4.69, 9.17) is 4.74 Å². The molecule has 0 saturated carbocycles. The van der Waals surface area contributed by atoms with E-state index in [2.05, 4.69) is 5.32 Å². The normalized spacial score (nSPS) is 18.4. The van der Waals surface area contributed by atoms with Crippen LogP contribution in [0.15, 0.2) is 24.3 Å². The lowest BCUT2D eigenvalue weighted by Gasteiger charge is -2.37. The highest BCUT2D eigenvalue weighted by molar-refractivity contribution is 5.85. The van der Waals surface area contributed by atoms with E-state index in [9.17, 15) is 18.0 Å². The third kappa shape index (κ3) is 6.05. The molecule has 0 aliphatic carbocycles. The van der Waals surface area contributed by atoms with Gasteiger partial charge in [-0.05, 0) is 6.07 Å². The molecule has 1 aromatic rings. The molecule has 1 aliphatic heterocycles. The summed E-state index contributed by atoms with van der Waals surface area (Å²) in [5.74, 6) is 0.154. The van der Waals surface area contributed by atoms with Gasteiger partial charge in [0.25, 0.3) is 0 Å². The Kier molecular flexibility index (Phi) is 7.98. The van der Waals surface area contributed by atoms with Crippen LogP contribution >= 0.6 is 12.4 Å². The van der Waals surface area contributed by atoms with Crippen LogP contribution in [0.3, 0.4) is 0 Å². The smallest absolute Gasteiger partial charge is 0.406 e. The summed E-state index contributed by atoms with van der Waals surface area (Å²) in [4.78, 5) is 14.8. The number of likely N-dealkylation sites (N-methyl/N-ethyl adjacent to an activating group) is 1. The first-order valence-corrected chi connectivity index (χ1v) is 7.70. The number of carbonyl (C=O) groups excluding carboxylic acids is 1. The number of para-hydroxylation sites is 1. The topological polar surface area (TPSA) is 44.8 Å². The number of piperazine rings is 1. The molecule has 25 heavy (non-hydrogen) atoms. The van der Waals surface area contributed by atoms with E-state index >= 15 is 0 Å². The summed E-state index contributed by atoms with van der Waals surface area (Å²) >= 11 is 0. The molecule has 0 aromatic heterocycles. The summed E-state index contributed by atoms with van der Waals surface area (Å²) in [6.45, 7) is 0.571. The summed E-state index contributed by atoms with van der Waals surface area (Å²) < 4.78 is 42.7. The van der Waals surface area contributed by atoms with Crippen molar-refractivity contribution in [2.24, 2.45) is 0 Å². The average Bonchev–Trinajstić information content (AvgIpc) is 2.53. The fraction of sp³-hybridized carbons (Fsp3) is 0.562. The molecule has 1 heterocycles. The largest absolute Gasteiger partial charge is 0.496 e. The molecule has 0 spiro atoms. The molecular weight excluding hydrogens is 359 g/mol. The van der Waals surface area contributed by atoms with Crippen LogP contribution in [-0.2, 0) is 4.79 Å². The highest BCUT2D eigenvalue weighted by Gasteiger charge is 2.33. The zero-order valence-electron chi connectivity index (χ0n) is 14.2. The van der Waals surface area contributed by atoms with Crippen LogP contribution in [0, 0.1) is 0 Å². The van der Waals surface area contributed by atoms with E-state index in [0.717, 1.165) is 10.5 Å². The molecule has 2 rings (SSSR count). The Morgan fingerprint density at radius 1 is 1.40 bits per heavy atom. The van der Waals surface area contributed by atoms with E-state index in [-0.39, 0.29) is 25.0 Å². The van der Waals surface area contributed by atoms with E-state index in [1.54, 1.807) is 7.11 Å². The Labute approximate surface area is 151 Å². The summed E-state index contributed by atoms with van der Waals surface area (Å²) in [5.41, 5.74) is 0.915. The first kappa shape index (κ1) is 21.5. The second-order valence-electron chi connectivity index (χ2n) is 5.80. The molecule has 9 heteroatoms. The van der Waals surface area contributed by atoms with Gasteiger partial charge in [0.2, 0.25) is 5.91 Å². The minimum atomic E-state index is -4.39. The molecule has 5 nitrogen and oxygen atoms in total. The Morgan fingerprint density at radius 2 is 2.08 bits per heavy atom. The number of alkyl halides is 3. The third-order valence-electron chi connectivity index (χ3n) is 4.03. The van der Waals surface area contributed by atoms with Crippen molar-refractivity contribution >= 4 is 18.3 Å². The van der Waals surface area contributed by atoms with Gasteiger partial charge in [-0.3, -0.25) is 9.69 Å². The van der Waals surface area contributed by atoms with Gasteiger partial charge < -0.3 is 15.0 Å². The van der Waals surface area contributed by atoms with Crippen LogP contribution in [0.5, 0.6) is 5.75 Å². The first-order valence-electron chi connectivity index (χ1n) is 7.70. The van der Waals surface area contributed by atoms with Gasteiger partial charge in [-0.15, -0.1) is 12.4 Å². The third-order valence-corrected chi connectivity index (χ3v) is 4.03. The number of hydrogen-bond acceptors (Lipinski definition) is 4. The van der Waals surface area contributed by atoms with Crippen LogP contribution in [0.1, 0.15) is 11.6 Å². The predicted molar refractivity (Wildman–Crippen MR) is 91.1 cm³/mol. The van der Waals surface area contributed by atoms with E-state index in [0.29, 0.717) is 25.4 Å². The second-order valence-corrected chi connectivity index (χ2v) is 5.80. The molecule has 0 bridgehead atoms. The fourth-order valence-electron chi connectivity index (χ4n) is 2.84. The number of amides is 1. The lowest BCUT2D eigenvalue weighted by molar-refractivity contribution is -0.159. The number of carbonyl (C=O) groups is 1. The number of nitrogens with one attached hydrogen (secondary N) is 1. The molecule has 1 amide bonds. The summed E-state index contributed by atoms with van der Waals surface area (Å²) in [6, 6.07) is 7.35. The van der Waals surface area contributed by atoms with E-state index < -0.39 is 18.6 Å². The van der Waals surface area contributed by atoms with Gasteiger partial charge in [0.05, 0.1) is 19.7 Å². The highest BCUT2D eigenvalue weighted by atomic mass is 35.5. The SMILES string of the molecule is COc1ccccc1C1CNCCN1CC(=O)N(C)CC(F)(F)F.Cl. The number of benzene rings is 1. The Bertz CT molecular complexity index is 572. The number of halogens is 4. The van der Waals surface area contributed by atoms with Crippen LogP contribution in [-0.4, -0.2) is 68.8 Å². The van der Waals surface area contributed by atoms with Crippen molar-refractivity contribution in [3.8, 4) is 5.75 Å². The van der Waals surface area contributed by atoms with Crippen molar-refractivity contribution in [1.29, 1.82) is 0 Å². The van der Waals surface area contributed by atoms with Crippen molar-refractivity contribution in [3.63, 3.8) is 0 Å². The highest BCUT2D eigenvalue weighted by Crippen LogP contribution is 2.30. The van der Waals surface area contributed by atoms with Crippen molar-refractivity contribution < 1.29 is 22.7 Å². The number of ether oxygens (including phenoxy) is 1. The minimum absolute atomic E-state index is 0. The molecule has 1 atom stereocenters. The van der Waals surface area contributed by atoms with Gasteiger partial charge >= 0.3 is 6.18 Å². The van der Waals surface area contributed by atoms with Crippen LogP contribution in [0.2, 0.25) is 0 Å². The lowest BCUT2D eigenvalue weighted by atomic mass is 10.0. The molecule has 142 valence electrons. The molecule has 1 unspecified atom stereocenters. The molecule has 1 aliphatic rings. The molecule has 1 N–H and O–H groups in total. The average molecular weight is 382 g/mol. The van der Waals surface area contributed by atoms with Crippen molar-refractivity contribution in [2.45, 2.75) is 12.2 Å². The molecule has 0 radical (unpaired) electrons. The van der Waals surface area contributed by atoms with Gasteiger partial charge in [-0.2, -0.15) is 13.2 Å². The van der Waals surface area contributed by atoms with Gasteiger partial charge in [0.1, 0.15) is 12.3 Å². The predicted octanol–water partition coefficient (Wildman–Crippen LogP) is 2.08. The zero-order chi connectivity index (χ0) is 17.7. The van der Waals surface area contributed by atoms with E-state index in [1.807, 2.05) is 29.2 Å². The van der Waals surface area contributed by atoms with Crippen LogP contribution < -0.4 is 10.1 Å². The van der Waals surface area contributed by atoms with Crippen molar-refractivity contribution in [2.75, 3.05) is 46.9 Å². The summed E-state index contributed by atoms with van der Waals surface area (Å²) in [5, 5.41) is 3.25. The maximum absolute atomic E-state index is 12.5. The number of methoxy groups -OCH3 is 1. The Hall–Kier alpha value is -1.51. The lowest BCUT2D eigenvalue weighted by Crippen LogP contribution is -2.50. The monoisotopic (exact) mass is 381 g/mol. The van der Waals surface area contributed by atoms with Crippen molar-refractivity contribution in [1.82, 2.24) is 15.1 Å². The first-order chi connectivity index (χ1) is 11.3. The minimum Gasteiger partial charge on any atom is -0.496 e.